The fourth-order valence-electron chi connectivity index (χ4n) is 1.55. The molecule has 1 unspecified atom stereocenters. The molecule has 0 radical (unpaired) electrons. The molecule has 0 N–H and O–H groups in total. The maximum absolute atomic E-state index is 12.1. The first-order chi connectivity index (χ1) is 7.97. The fourth-order valence-corrected chi connectivity index (χ4v) is 1.86. The van der Waals surface area contributed by atoms with Gasteiger partial charge in [-0.2, -0.15) is 0 Å². The van der Waals surface area contributed by atoms with Crippen LogP contribution in [0.15, 0.2) is 24.3 Å². The SMILES string of the molecule is CCc1ccc(N(C)C(=O)C(Br)C(C)C)cc1. The van der Waals surface area contributed by atoms with Crippen molar-refractivity contribution in [1.29, 1.82) is 0 Å². The lowest BCUT2D eigenvalue weighted by Gasteiger charge is -2.22. The summed E-state index contributed by atoms with van der Waals surface area (Å²) in [4.78, 5) is 13.7. The number of amides is 1. The van der Waals surface area contributed by atoms with Crippen LogP contribution in [0.25, 0.3) is 0 Å². The molecule has 0 saturated heterocycles. The van der Waals surface area contributed by atoms with Gasteiger partial charge in [0.1, 0.15) is 0 Å². The second kappa shape index (κ2) is 6.20. The molecule has 1 amide bonds. The zero-order chi connectivity index (χ0) is 13.0. The summed E-state index contributed by atoms with van der Waals surface area (Å²) in [6, 6.07) is 8.13. The lowest BCUT2D eigenvalue weighted by Crippen LogP contribution is -2.35. The van der Waals surface area contributed by atoms with E-state index >= 15 is 0 Å². The summed E-state index contributed by atoms with van der Waals surface area (Å²) in [5.41, 5.74) is 2.23. The van der Waals surface area contributed by atoms with Crippen LogP contribution >= 0.6 is 15.9 Å². The topological polar surface area (TPSA) is 20.3 Å². The first-order valence-electron chi connectivity index (χ1n) is 5.98. The van der Waals surface area contributed by atoms with Gasteiger partial charge in [0.15, 0.2) is 0 Å². The number of rotatable bonds is 4. The van der Waals surface area contributed by atoms with E-state index < -0.39 is 0 Å². The maximum Gasteiger partial charge on any atom is 0.240 e. The van der Waals surface area contributed by atoms with Crippen molar-refractivity contribution in [2.45, 2.75) is 32.0 Å². The van der Waals surface area contributed by atoms with Gasteiger partial charge in [-0.15, -0.1) is 0 Å². The number of aryl methyl sites for hydroxylation is 1. The van der Waals surface area contributed by atoms with Gasteiger partial charge in [0.05, 0.1) is 4.83 Å². The van der Waals surface area contributed by atoms with E-state index in [1.54, 1.807) is 4.90 Å². The molecule has 0 spiro atoms. The number of hydrogen-bond donors (Lipinski definition) is 0. The molecule has 0 aliphatic rings. The lowest BCUT2D eigenvalue weighted by molar-refractivity contribution is -0.118. The van der Waals surface area contributed by atoms with E-state index in [2.05, 4.69) is 35.0 Å². The lowest BCUT2D eigenvalue weighted by atomic mass is 10.1. The van der Waals surface area contributed by atoms with E-state index in [-0.39, 0.29) is 10.7 Å². The Hall–Kier alpha value is -0.830. The van der Waals surface area contributed by atoms with Gasteiger partial charge in [-0.1, -0.05) is 48.8 Å². The monoisotopic (exact) mass is 297 g/mol. The number of halogens is 1. The fraction of sp³-hybridized carbons (Fsp3) is 0.500. The number of anilines is 1. The maximum atomic E-state index is 12.1. The van der Waals surface area contributed by atoms with E-state index in [1.807, 2.05) is 33.0 Å². The Morgan fingerprint density at radius 2 is 1.82 bits per heavy atom. The van der Waals surface area contributed by atoms with Crippen molar-refractivity contribution >= 4 is 27.5 Å². The van der Waals surface area contributed by atoms with Crippen LogP contribution in [0, 0.1) is 5.92 Å². The van der Waals surface area contributed by atoms with Crippen molar-refractivity contribution in [3.05, 3.63) is 29.8 Å². The molecule has 1 rings (SSSR count). The van der Waals surface area contributed by atoms with Crippen LogP contribution in [0.2, 0.25) is 0 Å². The summed E-state index contributed by atoms with van der Waals surface area (Å²) in [6.45, 7) is 6.19. The molecule has 0 aromatic heterocycles. The second-order valence-electron chi connectivity index (χ2n) is 4.56. The molecule has 17 heavy (non-hydrogen) atoms. The predicted molar refractivity (Wildman–Crippen MR) is 76.8 cm³/mol. The van der Waals surface area contributed by atoms with Crippen molar-refractivity contribution in [1.82, 2.24) is 0 Å². The number of carbonyl (C=O) groups is 1. The third kappa shape index (κ3) is 3.56. The minimum atomic E-state index is -0.127. The molecule has 3 heteroatoms. The van der Waals surface area contributed by atoms with Gasteiger partial charge < -0.3 is 4.90 Å². The van der Waals surface area contributed by atoms with Gasteiger partial charge in [0.25, 0.3) is 0 Å². The Labute approximate surface area is 112 Å². The Morgan fingerprint density at radius 3 is 2.24 bits per heavy atom. The number of nitrogens with zero attached hydrogens (tertiary/aromatic N) is 1. The molecular formula is C14H20BrNO. The zero-order valence-electron chi connectivity index (χ0n) is 10.9. The van der Waals surface area contributed by atoms with Crippen LogP contribution in [-0.2, 0) is 11.2 Å². The van der Waals surface area contributed by atoms with Crippen molar-refractivity contribution in [3.63, 3.8) is 0 Å². The highest BCUT2D eigenvalue weighted by Crippen LogP contribution is 2.20. The van der Waals surface area contributed by atoms with Crippen LogP contribution in [0.1, 0.15) is 26.3 Å². The molecule has 2 nitrogen and oxygen atoms in total. The molecule has 0 aliphatic heterocycles. The molecule has 0 heterocycles. The smallest absolute Gasteiger partial charge is 0.240 e. The van der Waals surface area contributed by atoms with Crippen molar-refractivity contribution < 1.29 is 4.79 Å². The summed E-state index contributed by atoms with van der Waals surface area (Å²) in [7, 11) is 1.82. The van der Waals surface area contributed by atoms with Crippen molar-refractivity contribution in [3.8, 4) is 0 Å². The summed E-state index contributed by atoms with van der Waals surface area (Å²) >= 11 is 3.44. The largest absolute Gasteiger partial charge is 0.315 e. The highest BCUT2D eigenvalue weighted by molar-refractivity contribution is 9.10. The van der Waals surface area contributed by atoms with Crippen LogP contribution in [0.5, 0.6) is 0 Å². The normalized spacial score (nSPS) is 12.6. The molecule has 0 fully saturated rings. The average Bonchev–Trinajstić information content (AvgIpc) is 2.36. The van der Waals surface area contributed by atoms with E-state index in [1.165, 1.54) is 5.56 Å². The summed E-state index contributed by atoms with van der Waals surface area (Å²) < 4.78 is 0. The van der Waals surface area contributed by atoms with E-state index in [4.69, 9.17) is 0 Å². The Kier molecular flexibility index (Phi) is 5.19. The summed E-state index contributed by atoms with van der Waals surface area (Å²) in [5, 5.41) is 0. The molecule has 1 aromatic rings. The highest BCUT2D eigenvalue weighted by Gasteiger charge is 2.22. The first kappa shape index (κ1) is 14.2. The van der Waals surface area contributed by atoms with E-state index in [0.717, 1.165) is 12.1 Å². The van der Waals surface area contributed by atoms with Gasteiger partial charge >= 0.3 is 0 Å². The Morgan fingerprint density at radius 1 is 1.29 bits per heavy atom. The standard InChI is InChI=1S/C14H20BrNO/c1-5-11-6-8-12(9-7-11)16(4)14(17)13(15)10(2)3/h6-10,13H,5H2,1-4H3. The molecular weight excluding hydrogens is 278 g/mol. The van der Waals surface area contributed by atoms with Gasteiger partial charge in [-0.05, 0) is 30.0 Å². The van der Waals surface area contributed by atoms with E-state index in [0.29, 0.717) is 5.92 Å². The first-order valence-corrected chi connectivity index (χ1v) is 6.89. The molecule has 1 atom stereocenters. The molecule has 0 bridgehead atoms. The number of carbonyl (C=O) groups excluding carboxylic acids is 1. The van der Waals surface area contributed by atoms with Gasteiger partial charge in [0, 0.05) is 12.7 Å². The van der Waals surface area contributed by atoms with Crippen molar-refractivity contribution in [2.24, 2.45) is 5.92 Å². The van der Waals surface area contributed by atoms with Gasteiger partial charge in [-0.3, -0.25) is 4.79 Å². The third-order valence-corrected chi connectivity index (χ3v) is 4.33. The van der Waals surface area contributed by atoms with Crippen LogP contribution in [-0.4, -0.2) is 17.8 Å². The molecule has 1 aromatic carbocycles. The quantitative estimate of drug-likeness (QED) is 0.777. The number of hydrogen-bond acceptors (Lipinski definition) is 1. The number of alkyl halides is 1. The third-order valence-electron chi connectivity index (χ3n) is 2.88. The highest BCUT2D eigenvalue weighted by atomic mass is 79.9. The van der Waals surface area contributed by atoms with Crippen LogP contribution < -0.4 is 4.90 Å². The van der Waals surface area contributed by atoms with Crippen LogP contribution in [0.3, 0.4) is 0 Å². The zero-order valence-corrected chi connectivity index (χ0v) is 12.5. The van der Waals surface area contributed by atoms with Gasteiger partial charge in [-0.25, -0.2) is 0 Å². The second-order valence-corrected chi connectivity index (χ2v) is 5.55. The molecule has 0 saturated carbocycles. The van der Waals surface area contributed by atoms with Gasteiger partial charge in [0.2, 0.25) is 5.91 Å². The molecule has 94 valence electrons. The number of benzene rings is 1. The molecule has 0 aliphatic carbocycles. The minimum absolute atomic E-state index is 0.101. The average molecular weight is 298 g/mol. The van der Waals surface area contributed by atoms with Crippen molar-refractivity contribution in [2.75, 3.05) is 11.9 Å². The van der Waals surface area contributed by atoms with E-state index in [9.17, 15) is 4.79 Å². The minimum Gasteiger partial charge on any atom is -0.315 e. The predicted octanol–water partition coefficient (Wildman–Crippen LogP) is 3.63. The van der Waals surface area contributed by atoms with Crippen LogP contribution in [0.4, 0.5) is 5.69 Å². The summed E-state index contributed by atoms with van der Waals surface area (Å²) in [5.74, 6) is 0.393. The summed E-state index contributed by atoms with van der Waals surface area (Å²) in [6.07, 6.45) is 1.02. The Bertz CT molecular complexity index is 372. The Balaban J connectivity index is 2.81.